The summed E-state index contributed by atoms with van der Waals surface area (Å²) < 4.78 is 0. The van der Waals surface area contributed by atoms with E-state index in [9.17, 15) is 5.11 Å². The predicted octanol–water partition coefficient (Wildman–Crippen LogP) is -0.380. The van der Waals surface area contributed by atoms with Crippen molar-refractivity contribution in [1.82, 2.24) is 4.98 Å². The SMILES string of the molecule is OB(O)c1ccc2cc(O)ccc2n1. The van der Waals surface area contributed by atoms with Crippen LogP contribution in [0, 0.1) is 0 Å². The third-order valence-electron chi connectivity index (χ3n) is 1.96. The molecule has 0 bridgehead atoms. The largest absolute Gasteiger partial charge is 0.508 e. The minimum atomic E-state index is -1.56. The highest BCUT2D eigenvalue weighted by atomic mass is 16.4. The Balaban J connectivity index is 2.62. The van der Waals surface area contributed by atoms with Gasteiger partial charge < -0.3 is 15.2 Å². The molecule has 0 atom stereocenters. The number of aromatic hydroxyl groups is 1. The van der Waals surface area contributed by atoms with Crippen LogP contribution in [0.2, 0.25) is 0 Å². The quantitative estimate of drug-likeness (QED) is 0.534. The van der Waals surface area contributed by atoms with Gasteiger partial charge in [-0.3, -0.25) is 4.98 Å². The normalized spacial score (nSPS) is 10.4. The molecular formula is C9H8BNO3. The monoisotopic (exact) mass is 189 g/mol. The third kappa shape index (κ3) is 1.55. The first kappa shape index (κ1) is 8.99. The fourth-order valence-corrected chi connectivity index (χ4v) is 1.27. The number of phenolic OH excluding ortho intramolecular Hbond substituents is 1. The first-order valence-corrected chi connectivity index (χ1v) is 4.12. The number of pyridine rings is 1. The maximum Gasteiger partial charge on any atom is 0.508 e. The van der Waals surface area contributed by atoms with Gasteiger partial charge in [0.1, 0.15) is 5.75 Å². The number of hydrogen-bond acceptors (Lipinski definition) is 4. The Labute approximate surface area is 80.6 Å². The maximum absolute atomic E-state index is 9.18. The molecule has 3 N–H and O–H groups in total. The van der Waals surface area contributed by atoms with Crippen molar-refractivity contribution in [1.29, 1.82) is 0 Å². The minimum absolute atomic E-state index is 0.164. The molecule has 4 nitrogen and oxygen atoms in total. The Hall–Kier alpha value is -1.59. The second-order valence-electron chi connectivity index (χ2n) is 2.99. The molecule has 1 heterocycles. The van der Waals surface area contributed by atoms with Crippen molar-refractivity contribution < 1.29 is 15.2 Å². The van der Waals surface area contributed by atoms with Crippen LogP contribution in [0.1, 0.15) is 0 Å². The van der Waals surface area contributed by atoms with Gasteiger partial charge in [-0.25, -0.2) is 0 Å². The van der Waals surface area contributed by atoms with Crippen molar-refractivity contribution in [3.63, 3.8) is 0 Å². The molecule has 0 fully saturated rings. The molecule has 2 rings (SSSR count). The first-order valence-electron chi connectivity index (χ1n) is 4.12. The average molecular weight is 189 g/mol. The second-order valence-corrected chi connectivity index (χ2v) is 2.99. The van der Waals surface area contributed by atoms with Gasteiger partial charge in [0.05, 0.1) is 11.1 Å². The Morgan fingerprint density at radius 3 is 2.57 bits per heavy atom. The molecule has 14 heavy (non-hydrogen) atoms. The third-order valence-corrected chi connectivity index (χ3v) is 1.96. The van der Waals surface area contributed by atoms with Gasteiger partial charge in [0.2, 0.25) is 0 Å². The van der Waals surface area contributed by atoms with E-state index in [1.165, 1.54) is 12.1 Å². The van der Waals surface area contributed by atoms with Crippen LogP contribution in [-0.2, 0) is 0 Å². The zero-order valence-corrected chi connectivity index (χ0v) is 7.25. The summed E-state index contributed by atoms with van der Waals surface area (Å²) in [5.41, 5.74) is 0.816. The summed E-state index contributed by atoms with van der Waals surface area (Å²) in [6.45, 7) is 0. The molecule has 0 radical (unpaired) electrons. The average Bonchev–Trinajstić information content (AvgIpc) is 2.16. The van der Waals surface area contributed by atoms with E-state index < -0.39 is 7.12 Å². The van der Waals surface area contributed by atoms with E-state index >= 15 is 0 Å². The highest BCUT2D eigenvalue weighted by Gasteiger charge is 2.12. The summed E-state index contributed by atoms with van der Waals surface area (Å²) in [6.07, 6.45) is 0. The van der Waals surface area contributed by atoms with Crippen LogP contribution in [-0.4, -0.2) is 27.3 Å². The number of benzene rings is 1. The lowest BCUT2D eigenvalue weighted by atomic mass is 9.85. The minimum Gasteiger partial charge on any atom is -0.508 e. The molecule has 0 spiro atoms. The molecule has 0 aliphatic carbocycles. The second kappa shape index (κ2) is 3.28. The fourth-order valence-electron chi connectivity index (χ4n) is 1.27. The number of phenols is 1. The van der Waals surface area contributed by atoms with Crippen LogP contribution in [0.15, 0.2) is 30.3 Å². The molecule has 1 aromatic carbocycles. The summed E-state index contributed by atoms with van der Waals surface area (Å²) in [6, 6.07) is 7.87. The predicted molar refractivity (Wildman–Crippen MR) is 53.2 cm³/mol. The van der Waals surface area contributed by atoms with E-state index in [2.05, 4.69) is 4.98 Å². The highest BCUT2D eigenvalue weighted by molar-refractivity contribution is 6.57. The molecule has 0 aliphatic rings. The molecule has 70 valence electrons. The lowest BCUT2D eigenvalue weighted by Crippen LogP contribution is -2.32. The van der Waals surface area contributed by atoms with Crippen LogP contribution >= 0.6 is 0 Å². The van der Waals surface area contributed by atoms with Crippen molar-refractivity contribution in [3.05, 3.63) is 30.3 Å². The highest BCUT2D eigenvalue weighted by Crippen LogP contribution is 2.16. The molecule has 0 saturated carbocycles. The molecule has 0 amide bonds. The molecule has 1 aromatic heterocycles. The summed E-state index contributed by atoms with van der Waals surface area (Å²) in [5, 5.41) is 27.7. The maximum atomic E-state index is 9.18. The summed E-state index contributed by atoms with van der Waals surface area (Å²) in [5.74, 6) is 0.164. The Bertz CT molecular complexity index is 473. The molecule has 0 saturated heterocycles. The standard InChI is InChI=1S/C9H8BNO3/c12-7-2-3-8-6(5-7)1-4-9(11-8)10(13)14/h1-5,12-14H. The first-order chi connectivity index (χ1) is 6.66. The zero-order valence-electron chi connectivity index (χ0n) is 7.25. The van der Waals surface area contributed by atoms with Crippen molar-refractivity contribution in [2.45, 2.75) is 0 Å². The Morgan fingerprint density at radius 2 is 1.86 bits per heavy atom. The molecule has 0 aliphatic heterocycles. The van der Waals surface area contributed by atoms with E-state index in [-0.39, 0.29) is 11.3 Å². The fraction of sp³-hybridized carbons (Fsp3) is 0. The summed E-state index contributed by atoms with van der Waals surface area (Å²) >= 11 is 0. The van der Waals surface area contributed by atoms with Crippen LogP contribution in [0.5, 0.6) is 5.75 Å². The van der Waals surface area contributed by atoms with Gasteiger partial charge in [0.25, 0.3) is 0 Å². The van der Waals surface area contributed by atoms with Gasteiger partial charge >= 0.3 is 7.12 Å². The Morgan fingerprint density at radius 1 is 1.07 bits per heavy atom. The van der Waals surface area contributed by atoms with Crippen molar-refractivity contribution >= 4 is 23.6 Å². The lowest BCUT2D eigenvalue weighted by Gasteiger charge is -2.01. The van der Waals surface area contributed by atoms with E-state index in [1.807, 2.05) is 0 Å². The van der Waals surface area contributed by atoms with E-state index in [1.54, 1.807) is 18.2 Å². The molecule has 5 heteroatoms. The smallest absolute Gasteiger partial charge is 0.508 e. The van der Waals surface area contributed by atoms with Gasteiger partial charge in [0.15, 0.2) is 0 Å². The summed E-state index contributed by atoms with van der Waals surface area (Å²) in [7, 11) is -1.56. The molecular weight excluding hydrogens is 181 g/mol. The number of hydrogen-bond donors (Lipinski definition) is 3. The van der Waals surface area contributed by atoms with E-state index in [4.69, 9.17) is 10.0 Å². The van der Waals surface area contributed by atoms with Gasteiger partial charge in [-0.1, -0.05) is 6.07 Å². The Kier molecular flexibility index (Phi) is 2.11. The van der Waals surface area contributed by atoms with Gasteiger partial charge in [-0.2, -0.15) is 0 Å². The lowest BCUT2D eigenvalue weighted by molar-refractivity contribution is 0.424. The number of nitrogens with zero attached hydrogens (tertiary/aromatic N) is 1. The van der Waals surface area contributed by atoms with Gasteiger partial charge in [-0.05, 0) is 24.3 Å². The molecule has 0 unspecified atom stereocenters. The molecule has 2 aromatic rings. The van der Waals surface area contributed by atoms with Crippen molar-refractivity contribution in [2.24, 2.45) is 0 Å². The summed E-state index contributed by atoms with van der Waals surface area (Å²) in [4.78, 5) is 4.00. The number of rotatable bonds is 1. The zero-order chi connectivity index (χ0) is 10.1. The van der Waals surface area contributed by atoms with Crippen LogP contribution in [0.4, 0.5) is 0 Å². The topological polar surface area (TPSA) is 73.6 Å². The number of fused-ring (bicyclic) bond motifs is 1. The van der Waals surface area contributed by atoms with Crippen LogP contribution < -0.4 is 5.59 Å². The van der Waals surface area contributed by atoms with Gasteiger partial charge in [-0.15, -0.1) is 0 Å². The van der Waals surface area contributed by atoms with Crippen molar-refractivity contribution in [2.75, 3.05) is 0 Å². The van der Waals surface area contributed by atoms with Gasteiger partial charge in [0, 0.05) is 5.39 Å². The van der Waals surface area contributed by atoms with E-state index in [0.717, 1.165) is 5.39 Å². The van der Waals surface area contributed by atoms with Crippen LogP contribution in [0.25, 0.3) is 10.9 Å². The van der Waals surface area contributed by atoms with E-state index in [0.29, 0.717) is 5.52 Å². The van der Waals surface area contributed by atoms with Crippen LogP contribution in [0.3, 0.4) is 0 Å². The van der Waals surface area contributed by atoms with Crippen molar-refractivity contribution in [3.8, 4) is 5.75 Å². The number of aromatic nitrogens is 1.